The van der Waals surface area contributed by atoms with Crippen LogP contribution in [0.15, 0.2) is 29.1 Å². The summed E-state index contributed by atoms with van der Waals surface area (Å²) < 4.78 is 1.74. The Hall–Kier alpha value is -2.45. The zero-order valence-electron chi connectivity index (χ0n) is 13.5. The van der Waals surface area contributed by atoms with Crippen molar-refractivity contribution in [2.45, 2.75) is 39.2 Å². The molecule has 1 aliphatic carbocycles. The van der Waals surface area contributed by atoms with Crippen LogP contribution in [-0.2, 0) is 19.4 Å². The number of rotatable bonds is 2. The van der Waals surface area contributed by atoms with Gasteiger partial charge in [-0.05, 0) is 55.9 Å². The summed E-state index contributed by atoms with van der Waals surface area (Å²) in [5.74, 6) is 0.730. The molecule has 0 bridgehead atoms. The van der Waals surface area contributed by atoms with Gasteiger partial charge in [-0.25, -0.2) is 4.98 Å². The van der Waals surface area contributed by atoms with E-state index in [2.05, 4.69) is 6.07 Å². The van der Waals surface area contributed by atoms with Gasteiger partial charge in [0.25, 0.3) is 5.56 Å². The van der Waals surface area contributed by atoms with E-state index < -0.39 is 0 Å². The van der Waals surface area contributed by atoms with Crippen LogP contribution in [0.3, 0.4) is 0 Å². The van der Waals surface area contributed by atoms with Crippen molar-refractivity contribution in [3.8, 4) is 6.07 Å². The highest BCUT2D eigenvalue weighted by molar-refractivity contribution is 7.18. The molecule has 120 valence electrons. The van der Waals surface area contributed by atoms with E-state index >= 15 is 0 Å². The van der Waals surface area contributed by atoms with Crippen LogP contribution in [0.4, 0.5) is 0 Å². The second-order valence-corrected chi connectivity index (χ2v) is 7.34. The number of nitrogens with zero attached hydrogens (tertiary/aromatic N) is 3. The van der Waals surface area contributed by atoms with Gasteiger partial charge in [-0.2, -0.15) is 5.26 Å². The number of thiophene rings is 1. The van der Waals surface area contributed by atoms with Gasteiger partial charge in [0.05, 0.1) is 23.6 Å². The normalized spacial score (nSPS) is 13.7. The maximum atomic E-state index is 13.1. The highest BCUT2D eigenvalue weighted by atomic mass is 32.1. The molecule has 2 heterocycles. The summed E-state index contributed by atoms with van der Waals surface area (Å²) in [6.07, 6.45) is 4.41. The van der Waals surface area contributed by atoms with E-state index in [1.54, 1.807) is 22.0 Å². The molecule has 1 aromatic carbocycles. The number of hydrogen-bond donors (Lipinski definition) is 0. The highest BCUT2D eigenvalue weighted by Gasteiger charge is 2.21. The molecule has 0 fully saturated rings. The number of aryl methyl sites for hydroxylation is 3. The van der Waals surface area contributed by atoms with E-state index in [1.807, 2.05) is 25.1 Å². The van der Waals surface area contributed by atoms with Crippen LogP contribution >= 0.6 is 11.3 Å². The van der Waals surface area contributed by atoms with Crippen LogP contribution in [0.5, 0.6) is 0 Å². The summed E-state index contributed by atoms with van der Waals surface area (Å²) in [5, 5.41) is 9.87. The van der Waals surface area contributed by atoms with Crippen molar-refractivity contribution in [2.75, 3.05) is 0 Å². The fourth-order valence-corrected chi connectivity index (χ4v) is 4.75. The fourth-order valence-electron chi connectivity index (χ4n) is 3.45. The minimum Gasteiger partial charge on any atom is -0.292 e. The lowest BCUT2D eigenvalue weighted by molar-refractivity contribution is 0.693. The largest absolute Gasteiger partial charge is 0.292 e. The summed E-state index contributed by atoms with van der Waals surface area (Å²) in [7, 11) is 0. The van der Waals surface area contributed by atoms with E-state index in [4.69, 9.17) is 10.2 Å². The fraction of sp³-hybridized carbons (Fsp3) is 0.316. The van der Waals surface area contributed by atoms with E-state index in [1.165, 1.54) is 16.9 Å². The molecule has 0 atom stereocenters. The topological polar surface area (TPSA) is 58.7 Å². The van der Waals surface area contributed by atoms with Gasteiger partial charge in [0, 0.05) is 4.88 Å². The van der Waals surface area contributed by atoms with E-state index in [0.29, 0.717) is 12.1 Å². The van der Waals surface area contributed by atoms with Crippen LogP contribution in [0.25, 0.3) is 10.2 Å². The lowest BCUT2D eigenvalue weighted by atomic mass is 9.97. The van der Waals surface area contributed by atoms with Crippen LogP contribution in [-0.4, -0.2) is 9.55 Å². The SMILES string of the molecule is Cc1nc2sc3c(c2c(=O)n1Cc1cccc(C#N)c1)CCCC3. The van der Waals surface area contributed by atoms with E-state index in [-0.39, 0.29) is 5.56 Å². The van der Waals surface area contributed by atoms with E-state index in [0.717, 1.165) is 40.9 Å². The van der Waals surface area contributed by atoms with Crippen molar-refractivity contribution in [3.63, 3.8) is 0 Å². The molecule has 24 heavy (non-hydrogen) atoms. The van der Waals surface area contributed by atoms with Crippen LogP contribution in [0.2, 0.25) is 0 Å². The number of hydrogen-bond acceptors (Lipinski definition) is 4. The number of benzene rings is 1. The molecule has 0 amide bonds. The summed E-state index contributed by atoms with van der Waals surface area (Å²) >= 11 is 1.68. The van der Waals surface area contributed by atoms with Crippen molar-refractivity contribution < 1.29 is 0 Å². The third-order valence-corrected chi connectivity index (χ3v) is 5.85. The Morgan fingerprint density at radius 2 is 2.17 bits per heavy atom. The molecular formula is C19H17N3OS. The van der Waals surface area contributed by atoms with Gasteiger partial charge in [-0.3, -0.25) is 9.36 Å². The van der Waals surface area contributed by atoms with Gasteiger partial charge in [-0.1, -0.05) is 12.1 Å². The predicted octanol–water partition coefficient (Wildman–Crippen LogP) is 3.57. The van der Waals surface area contributed by atoms with Gasteiger partial charge < -0.3 is 0 Å². The molecule has 2 aromatic heterocycles. The third kappa shape index (κ3) is 2.44. The van der Waals surface area contributed by atoms with Crippen LogP contribution in [0, 0.1) is 18.3 Å². The second-order valence-electron chi connectivity index (χ2n) is 6.25. The Morgan fingerprint density at radius 1 is 1.33 bits per heavy atom. The van der Waals surface area contributed by atoms with Gasteiger partial charge in [0.15, 0.2) is 0 Å². The average molecular weight is 335 g/mol. The molecule has 0 aliphatic heterocycles. The van der Waals surface area contributed by atoms with Crippen molar-refractivity contribution in [1.82, 2.24) is 9.55 Å². The molecule has 4 rings (SSSR count). The minimum atomic E-state index is 0.0549. The van der Waals surface area contributed by atoms with Crippen molar-refractivity contribution in [1.29, 1.82) is 5.26 Å². The van der Waals surface area contributed by atoms with Crippen molar-refractivity contribution in [2.24, 2.45) is 0 Å². The first-order chi connectivity index (χ1) is 11.7. The molecule has 0 spiro atoms. The van der Waals surface area contributed by atoms with Gasteiger partial charge in [0.1, 0.15) is 10.7 Å². The zero-order valence-corrected chi connectivity index (χ0v) is 14.3. The van der Waals surface area contributed by atoms with Gasteiger partial charge >= 0.3 is 0 Å². The van der Waals surface area contributed by atoms with Gasteiger partial charge in [-0.15, -0.1) is 11.3 Å². The van der Waals surface area contributed by atoms with Crippen molar-refractivity contribution in [3.05, 3.63) is 62.0 Å². The maximum Gasteiger partial charge on any atom is 0.262 e. The zero-order chi connectivity index (χ0) is 16.7. The average Bonchev–Trinajstić information content (AvgIpc) is 2.97. The first-order valence-electron chi connectivity index (χ1n) is 8.18. The smallest absolute Gasteiger partial charge is 0.262 e. The Bertz CT molecular complexity index is 1040. The third-order valence-electron chi connectivity index (χ3n) is 4.66. The molecular weight excluding hydrogens is 318 g/mol. The molecule has 0 radical (unpaired) electrons. The molecule has 1 aliphatic rings. The predicted molar refractivity (Wildman–Crippen MR) is 95.5 cm³/mol. The molecule has 0 saturated carbocycles. The first-order valence-corrected chi connectivity index (χ1v) is 9.00. The number of fused-ring (bicyclic) bond motifs is 3. The molecule has 0 saturated heterocycles. The molecule has 4 nitrogen and oxygen atoms in total. The highest BCUT2D eigenvalue weighted by Crippen LogP contribution is 2.33. The van der Waals surface area contributed by atoms with Crippen LogP contribution < -0.4 is 5.56 Å². The quantitative estimate of drug-likeness (QED) is 0.719. The summed E-state index contributed by atoms with van der Waals surface area (Å²) in [6.45, 7) is 2.33. The lowest BCUT2D eigenvalue weighted by Crippen LogP contribution is -2.24. The second kappa shape index (κ2) is 5.88. The number of nitriles is 1. The Morgan fingerprint density at radius 3 is 3.00 bits per heavy atom. The Balaban J connectivity index is 1.86. The lowest BCUT2D eigenvalue weighted by Gasteiger charge is -2.12. The first kappa shape index (κ1) is 15.1. The monoisotopic (exact) mass is 335 g/mol. The molecule has 0 N–H and O–H groups in total. The van der Waals surface area contributed by atoms with Crippen molar-refractivity contribution >= 4 is 21.6 Å². The Labute approximate surface area is 144 Å². The Kier molecular flexibility index (Phi) is 3.70. The summed E-state index contributed by atoms with van der Waals surface area (Å²) in [5.41, 5.74) is 2.84. The number of aromatic nitrogens is 2. The maximum absolute atomic E-state index is 13.1. The standard InChI is InChI=1S/C19H17N3OS/c1-12-21-18-17(15-7-2-3-8-16(15)24-18)19(23)22(12)11-14-6-4-5-13(9-14)10-20/h4-6,9H,2-3,7-8,11H2,1H3. The van der Waals surface area contributed by atoms with E-state index in [9.17, 15) is 4.79 Å². The summed E-state index contributed by atoms with van der Waals surface area (Å²) in [4.78, 5) is 20.0. The van der Waals surface area contributed by atoms with Gasteiger partial charge in [0.2, 0.25) is 0 Å². The minimum absolute atomic E-state index is 0.0549. The van der Waals surface area contributed by atoms with Crippen LogP contribution in [0.1, 0.15) is 40.2 Å². The molecule has 5 heteroatoms. The molecule has 0 unspecified atom stereocenters. The summed E-state index contributed by atoms with van der Waals surface area (Å²) in [6, 6.07) is 9.55. The molecule has 3 aromatic rings.